The van der Waals surface area contributed by atoms with E-state index in [0.29, 0.717) is 11.1 Å². The van der Waals surface area contributed by atoms with Crippen LogP contribution in [0.1, 0.15) is 0 Å². The van der Waals surface area contributed by atoms with Crippen molar-refractivity contribution in [2.75, 3.05) is 0 Å². The van der Waals surface area contributed by atoms with E-state index in [1.165, 1.54) is 0 Å². The zero-order chi connectivity index (χ0) is 16.1. The van der Waals surface area contributed by atoms with Crippen LogP contribution in [-0.2, 0) is 0 Å². The summed E-state index contributed by atoms with van der Waals surface area (Å²) >= 11 is 0. The highest BCUT2D eigenvalue weighted by Crippen LogP contribution is 2.44. The Bertz CT molecular complexity index is 486. The quantitative estimate of drug-likeness (QED) is 0.539. The average molecular weight is 333 g/mol. The van der Waals surface area contributed by atoms with Crippen molar-refractivity contribution >= 4 is 24.2 Å². The molecular formula is C18H32Si3. The third-order valence-electron chi connectivity index (χ3n) is 5.13. The Kier molecular flexibility index (Phi) is 4.33. The first kappa shape index (κ1) is 17.0. The van der Waals surface area contributed by atoms with Crippen molar-refractivity contribution in [3.05, 3.63) is 46.8 Å². The van der Waals surface area contributed by atoms with Crippen LogP contribution >= 0.6 is 0 Å². The van der Waals surface area contributed by atoms with E-state index in [1.54, 1.807) is 10.4 Å². The van der Waals surface area contributed by atoms with E-state index in [0.717, 1.165) is 0 Å². The fraction of sp³-hybridized carbons (Fsp3) is 0.556. The summed E-state index contributed by atoms with van der Waals surface area (Å²) in [5, 5.41) is 3.31. The second-order valence-electron chi connectivity index (χ2n) is 9.34. The molecule has 0 saturated heterocycles. The molecule has 2 rings (SSSR count). The molecule has 0 aromatic carbocycles. The molecule has 2 unspecified atom stereocenters. The van der Waals surface area contributed by atoms with Crippen LogP contribution in [0.15, 0.2) is 46.8 Å². The molecule has 0 saturated carbocycles. The van der Waals surface area contributed by atoms with Crippen LogP contribution in [0.2, 0.25) is 63.5 Å². The lowest BCUT2D eigenvalue weighted by Gasteiger charge is -2.32. The Morgan fingerprint density at radius 1 is 0.619 bits per heavy atom. The molecule has 21 heavy (non-hydrogen) atoms. The van der Waals surface area contributed by atoms with Crippen molar-refractivity contribution in [1.29, 1.82) is 0 Å². The smallest absolute Gasteiger partial charge is 0.0771 e. The van der Waals surface area contributed by atoms with Gasteiger partial charge in [0.25, 0.3) is 0 Å². The van der Waals surface area contributed by atoms with Crippen molar-refractivity contribution in [3.63, 3.8) is 0 Å². The molecular weight excluding hydrogens is 300 g/mol. The normalized spacial score (nSPS) is 26.3. The predicted molar refractivity (Wildman–Crippen MR) is 106 cm³/mol. The van der Waals surface area contributed by atoms with E-state index in [-0.39, 0.29) is 0 Å². The Morgan fingerprint density at radius 2 is 0.952 bits per heavy atom. The molecule has 0 aromatic rings. The van der Waals surface area contributed by atoms with Crippen LogP contribution in [0.3, 0.4) is 0 Å². The summed E-state index contributed by atoms with van der Waals surface area (Å²) < 4.78 is 0. The van der Waals surface area contributed by atoms with E-state index in [9.17, 15) is 0 Å². The molecule has 116 valence electrons. The summed E-state index contributed by atoms with van der Waals surface area (Å²) in [7, 11) is -3.68. The van der Waals surface area contributed by atoms with E-state index >= 15 is 0 Å². The lowest BCUT2D eigenvalue weighted by Crippen LogP contribution is -2.35. The van der Waals surface area contributed by atoms with Gasteiger partial charge in [-0.05, 0) is 11.1 Å². The fourth-order valence-electron chi connectivity index (χ4n) is 3.17. The molecule has 0 aliphatic heterocycles. The molecule has 0 heterocycles. The average Bonchev–Trinajstić information content (AvgIpc) is 2.97. The zero-order valence-electron chi connectivity index (χ0n) is 15.1. The number of hydrogen-bond donors (Lipinski definition) is 0. The second-order valence-corrected chi connectivity index (χ2v) is 24.5. The van der Waals surface area contributed by atoms with Gasteiger partial charge in [-0.1, -0.05) is 99.2 Å². The number of hydrogen-bond acceptors (Lipinski definition) is 0. The molecule has 3 heteroatoms. The Balaban J connectivity index is 2.23. The highest BCUT2D eigenvalue weighted by Gasteiger charge is 2.39. The monoisotopic (exact) mass is 332 g/mol. The van der Waals surface area contributed by atoms with Crippen LogP contribution in [0, 0.1) is 0 Å². The second kappa shape index (κ2) is 5.36. The molecule has 0 fully saturated rings. The molecule has 2 aliphatic rings. The SMILES string of the molecule is C[Si](C)(C)C1=CC([Si](C)(C)C2C=CC([Si](C)(C)C)=C2)C=C1. The maximum absolute atomic E-state index is 2.62. The third-order valence-corrected chi connectivity index (χ3v) is 13.4. The Labute approximate surface area is 134 Å². The van der Waals surface area contributed by atoms with Crippen molar-refractivity contribution in [2.45, 2.75) is 63.5 Å². The van der Waals surface area contributed by atoms with Crippen molar-refractivity contribution in [1.82, 2.24) is 0 Å². The first-order valence-electron chi connectivity index (χ1n) is 8.23. The van der Waals surface area contributed by atoms with E-state index < -0.39 is 24.2 Å². The largest absolute Gasteiger partial charge is 0.0811 e. The minimum atomic E-state index is -1.36. The highest BCUT2D eigenvalue weighted by molar-refractivity contribution is 6.86. The van der Waals surface area contributed by atoms with Gasteiger partial charge in [0, 0.05) is 0 Å². The van der Waals surface area contributed by atoms with Crippen LogP contribution in [0.25, 0.3) is 0 Å². The van der Waals surface area contributed by atoms with Gasteiger partial charge in [-0.25, -0.2) is 0 Å². The topological polar surface area (TPSA) is 0 Å². The maximum Gasteiger partial charge on any atom is 0.0771 e. The summed E-state index contributed by atoms with van der Waals surface area (Å²) in [4.78, 5) is 0. The molecule has 0 radical (unpaired) electrons. The summed E-state index contributed by atoms with van der Waals surface area (Å²) in [6.45, 7) is 19.9. The van der Waals surface area contributed by atoms with Crippen LogP contribution in [0.5, 0.6) is 0 Å². The summed E-state index contributed by atoms with van der Waals surface area (Å²) in [6.07, 6.45) is 15.1. The molecule has 0 aromatic heterocycles. The number of rotatable bonds is 4. The van der Waals surface area contributed by atoms with Gasteiger partial charge in [-0.2, -0.15) is 0 Å². The molecule has 0 nitrogen and oxygen atoms in total. The fourth-order valence-corrected chi connectivity index (χ4v) is 8.90. The van der Waals surface area contributed by atoms with Gasteiger partial charge in [0.2, 0.25) is 0 Å². The summed E-state index contributed by atoms with van der Waals surface area (Å²) in [5.41, 5.74) is 1.43. The van der Waals surface area contributed by atoms with E-state index in [2.05, 4.69) is 88.8 Å². The van der Waals surface area contributed by atoms with Gasteiger partial charge in [-0.15, -0.1) is 0 Å². The molecule has 2 atom stereocenters. The van der Waals surface area contributed by atoms with Crippen molar-refractivity contribution in [3.8, 4) is 0 Å². The molecule has 0 N–H and O–H groups in total. The predicted octanol–water partition coefficient (Wildman–Crippen LogP) is 6.18. The van der Waals surface area contributed by atoms with Gasteiger partial charge in [0.05, 0.1) is 24.2 Å². The lowest BCUT2D eigenvalue weighted by atomic mass is 10.4. The van der Waals surface area contributed by atoms with Crippen molar-refractivity contribution in [2.24, 2.45) is 0 Å². The van der Waals surface area contributed by atoms with Gasteiger partial charge >= 0.3 is 0 Å². The molecule has 2 aliphatic carbocycles. The van der Waals surface area contributed by atoms with Gasteiger partial charge in [0.1, 0.15) is 0 Å². The standard InChI is InChI=1S/C18H32Si3/c1-19(2,3)15-9-11-17(13-15)21(7,8)18-12-10-16(14-18)20(4,5)6/h9-14,17-18H,1-8H3. The lowest BCUT2D eigenvalue weighted by molar-refractivity contribution is 1.17. The van der Waals surface area contributed by atoms with E-state index in [1.807, 2.05) is 0 Å². The third kappa shape index (κ3) is 3.51. The van der Waals surface area contributed by atoms with Crippen LogP contribution in [-0.4, -0.2) is 24.2 Å². The first-order chi connectivity index (χ1) is 9.42. The van der Waals surface area contributed by atoms with Gasteiger partial charge in [0.15, 0.2) is 0 Å². The summed E-state index contributed by atoms with van der Waals surface area (Å²) in [5.74, 6) is 0. The van der Waals surface area contributed by atoms with Crippen LogP contribution < -0.4 is 0 Å². The molecule has 0 spiro atoms. The Morgan fingerprint density at radius 3 is 1.19 bits per heavy atom. The van der Waals surface area contributed by atoms with Crippen molar-refractivity contribution < 1.29 is 0 Å². The summed E-state index contributed by atoms with van der Waals surface area (Å²) in [6, 6.07) is 0. The first-order valence-corrected chi connectivity index (χ1v) is 18.4. The minimum Gasteiger partial charge on any atom is -0.0811 e. The Hall–Kier alpha value is -0.389. The van der Waals surface area contributed by atoms with Gasteiger partial charge < -0.3 is 0 Å². The molecule has 0 amide bonds. The van der Waals surface area contributed by atoms with Crippen LogP contribution in [0.4, 0.5) is 0 Å². The highest BCUT2D eigenvalue weighted by atomic mass is 28.3. The van der Waals surface area contributed by atoms with Gasteiger partial charge in [-0.3, -0.25) is 0 Å². The minimum absolute atomic E-state index is 0.714. The zero-order valence-corrected chi connectivity index (χ0v) is 18.1. The maximum atomic E-state index is 2.62. The van der Waals surface area contributed by atoms with E-state index in [4.69, 9.17) is 0 Å². The number of allylic oxidation sites excluding steroid dienone is 8. The molecule has 0 bridgehead atoms.